The van der Waals surface area contributed by atoms with E-state index >= 15 is 0 Å². The quantitative estimate of drug-likeness (QED) is 0.605. The molecular formula is C14H7BrCl2N4. The number of hydrogen-bond acceptors (Lipinski definition) is 4. The fraction of sp³-hybridized carbons (Fsp3) is 0. The molecule has 0 aliphatic heterocycles. The summed E-state index contributed by atoms with van der Waals surface area (Å²) < 4.78 is 0.923. The molecule has 0 fully saturated rings. The lowest BCUT2D eigenvalue weighted by molar-refractivity contribution is 1.10. The molecule has 2 heterocycles. The van der Waals surface area contributed by atoms with Crippen LogP contribution in [0, 0.1) is 0 Å². The van der Waals surface area contributed by atoms with Crippen LogP contribution in [0.1, 0.15) is 0 Å². The van der Waals surface area contributed by atoms with E-state index in [0.717, 1.165) is 10.0 Å². The van der Waals surface area contributed by atoms with Gasteiger partial charge in [-0.1, -0.05) is 51.3 Å². The molecule has 7 heteroatoms. The maximum absolute atomic E-state index is 6.28. The Morgan fingerprint density at radius 3 is 2.38 bits per heavy atom. The molecule has 0 atom stereocenters. The summed E-state index contributed by atoms with van der Waals surface area (Å²) in [6, 6.07) is 9.30. The van der Waals surface area contributed by atoms with E-state index in [1.807, 2.05) is 24.3 Å². The van der Waals surface area contributed by atoms with Crippen molar-refractivity contribution in [1.29, 1.82) is 0 Å². The molecule has 0 amide bonds. The van der Waals surface area contributed by atoms with E-state index in [0.29, 0.717) is 17.1 Å². The minimum absolute atomic E-state index is 0.279. The van der Waals surface area contributed by atoms with Gasteiger partial charge in [0.25, 0.3) is 0 Å². The van der Waals surface area contributed by atoms with E-state index in [2.05, 4.69) is 35.9 Å². The first-order valence-corrected chi connectivity index (χ1v) is 7.45. The summed E-state index contributed by atoms with van der Waals surface area (Å²) in [5.74, 6) is 0.367. The van der Waals surface area contributed by atoms with E-state index < -0.39 is 0 Å². The largest absolute Gasteiger partial charge is 0.245 e. The van der Waals surface area contributed by atoms with Gasteiger partial charge in [-0.3, -0.25) is 0 Å². The summed E-state index contributed by atoms with van der Waals surface area (Å²) in [7, 11) is 0. The maximum atomic E-state index is 6.28. The number of nitrogens with zero attached hydrogens (tertiary/aromatic N) is 4. The number of rotatable bonds is 2. The third-order valence-corrected chi connectivity index (χ3v) is 3.79. The second-order valence-electron chi connectivity index (χ2n) is 4.11. The highest BCUT2D eigenvalue weighted by Crippen LogP contribution is 2.34. The minimum Gasteiger partial charge on any atom is -0.245 e. The molecule has 3 aromatic rings. The number of halogens is 3. The molecule has 0 aliphatic carbocycles. The Balaban J connectivity index is 2.13. The van der Waals surface area contributed by atoms with Crippen LogP contribution in [-0.4, -0.2) is 19.9 Å². The highest BCUT2D eigenvalue weighted by Gasteiger charge is 2.15. The van der Waals surface area contributed by atoms with Crippen molar-refractivity contribution < 1.29 is 0 Å². The smallest absolute Gasteiger partial charge is 0.181 e. The SMILES string of the molecule is Clc1nc(-c2ccncn2)nc(Cl)c1-c1cccc(Br)c1. The maximum Gasteiger partial charge on any atom is 0.181 e. The Kier molecular flexibility index (Phi) is 4.14. The predicted octanol–water partition coefficient (Wildman–Crippen LogP) is 4.67. The standard InChI is InChI=1S/C14H7BrCl2N4/c15-9-3-1-2-8(6-9)11-12(16)20-14(21-13(11)17)10-4-5-18-7-19-10/h1-7H. The minimum atomic E-state index is 0.279. The summed E-state index contributed by atoms with van der Waals surface area (Å²) in [4.78, 5) is 16.5. The van der Waals surface area contributed by atoms with Crippen molar-refractivity contribution in [2.24, 2.45) is 0 Å². The van der Waals surface area contributed by atoms with Crippen molar-refractivity contribution in [3.8, 4) is 22.6 Å². The number of hydrogen-bond donors (Lipinski definition) is 0. The Hall–Kier alpha value is -1.56. The fourth-order valence-corrected chi connectivity index (χ4v) is 2.83. The topological polar surface area (TPSA) is 51.6 Å². The first kappa shape index (κ1) is 14.4. The van der Waals surface area contributed by atoms with E-state index in [4.69, 9.17) is 23.2 Å². The first-order chi connectivity index (χ1) is 10.1. The van der Waals surface area contributed by atoms with Crippen LogP contribution in [0.15, 0.2) is 47.3 Å². The van der Waals surface area contributed by atoms with Gasteiger partial charge in [-0.2, -0.15) is 0 Å². The van der Waals surface area contributed by atoms with E-state index in [9.17, 15) is 0 Å². The molecule has 21 heavy (non-hydrogen) atoms. The molecule has 2 aromatic heterocycles. The van der Waals surface area contributed by atoms with Gasteiger partial charge in [0.2, 0.25) is 0 Å². The summed E-state index contributed by atoms with van der Waals surface area (Å²) >= 11 is 16.0. The third kappa shape index (κ3) is 3.05. The normalized spacial score (nSPS) is 10.6. The van der Waals surface area contributed by atoms with Crippen LogP contribution in [0.5, 0.6) is 0 Å². The van der Waals surface area contributed by atoms with Gasteiger partial charge >= 0.3 is 0 Å². The highest BCUT2D eigenvalue weighted by atomic mass is 79.9. The van der Waals surface area contributed by atoms with E-state index in [-0.39, 0.29) is 10.3 Å². The van der Waals surface area contributed by atoms with Crippen LogP contribution in [0.3, 0.4) is 0 Å². The highest BCUT2D eigenvalue weighted by molar-refractivity contribution is 9.10. The lowest BCUT2D eigenvalue weighted by Crippen LogP contribution is -1.96. The van der Waals surface area contributed by atoms with Crippen LogP contribution < -0.4 is 0 Å². The second kappa shape index (κ2) is 6.05. The summed E-state index contributed by atoms with van der Waals surface area (Å²) in [6.07, 6.45) is 3.03. The zero-order chi connectivity index (χ0) is 14.8. The molecule has 1 aromatic carbocycles. The third-order valence-electron chi connectivity index (χ3n) is 2.75. The van der Waals surface area contributed by atoms with Gasteiger partial charge < -0.3 is 0 Å². The Morgan fingerprint density at radius 1 is 1.00 bits per heavy atom. The molecule has 0 bridgehead atoms. The molecule has 0 saturated carbocycles. The molecule has 4 nitrogen and oxygen atoms in total. The Labute approximate surface area is 139 Å². The number of aromatic nitrogens is 4. The summed E-state index contributed by atoms with van der Waals surface area (Å²) in [5.41, 5.74) is 2.00. The Bertz CT molecular complexity index is 773. The monoisotopic (exact) mass is 380 g/mol. The molecule has 3 rings (SSSR count). The zero-order valence-electron chi connectivity index (χ0n) is 10.5. The molecule has 0 N–H and O–H groups in total. The average Bonchev–Trinajstić information content (AvgIpc) is 2.47. The van der Waals surface area contributed by atoms with Gasteiger partial charge in [0.05, 0.1) is 5.56 Å². The Morgan fingerprint density at radius 2 is 1.76 bits per heavy atom. The number of benzene rings is 1. The summed E-state index contributed by atoms with van der Waals surface area (Å²) in [5, 5.41) is 0.559. The van der Waals surface area contributed by atoms with Crippen LogP contribution in [0.4, 0.5) is 0 Å². The van der Waals surface area contributed by atoms with Crippen molar-refractivity contribution in [1.82, 2.24) is 19.9 Å². The van der Waals surface area contributed by atoms with Gasteiger partial charge in [0.15, 0.2) is 5.82 Å². The summed E-state index contributed by atoms with van der Waals surface area (Å²) in [6.45, 7) is 0. The van der Waals surface area contributed by atoms with Crippen molar-refractivity contribution in [2.75, 3.05) is 0 Å². The molecule has 104 valence electrons. The van der Waals surface area contributed by atoms with Gasteiger partial charge in [-0.05, 0) is 23.8 Å². The second-order valence-corrected chi connectivity index (χ2v) is 5.74. The van der Waals surface area contributed by atoms with Crippen LogP contribution in [-0.2, 0) is 0 Å². The molecule has 0 radical (unpaired) electrons. The van der Waals surface area contributed by atoms with Crippen LogP contribution in [0.2, 0.25) is 10.3 Å². The molecule has 0 saturated heterocycles. The van der Waals surface area contributed by atoms with Crippen molar-refractivity contribution in [3.05, 3.63) is 57.6 Å². The van der Waals surface area contributed by atoms with Crippen molar-refractivity contribution in [3.63, 3.8) is 0 Å². The van der Waals surface area contributed by atoms with Gasteiger partial charge in [-0.15, -0.1) is 0 Å². The molecule has 0 aliphatic rings. The van der Waals surface area contributed by atoms with Crippen molar-refractivity contribution >= 4 is 39.1 Å². The van der Waals surface area contributed by atoms with Gasteiger partial charge in [0.1, 0.15) is 22.3 Å². The molecule has 0 unspecified atom stereocenters. The van der Waals surface area contributed by atoms with E-state index in [1.54, 1.807) is 12.3 Å². The zero-order valence-corrected chi connectivity index (χ0v) is 13.6. The predicted molar refractivity (Wildman–Crippen MR) is 86.2 cm³/mol. The lowest BCUT2D eigenvalue weighted by Gasteiger charge is -2.08. The van der Waals surface area contributed by atoms with E-state index in [1.165, 1.54) is 6.33 Å². The average molecular weight is 382 g/mol. The van der Waals surface area contributed by atoms with Gasteiger partial charge in [0, 0.05) is 10.7 Å². The first-order valence-electron chi connectivity index (χ1n) is 5.90. The molecule has 0 spiro atoms. The van der Waals surface area contributed by atoms with Crippen LogP contribution >= 0.6 is 39.1 Å². The van der Waals surface area contributed by atoms with Crippen LogP contribution in [0.25, 0.3) is 22.6 Å². The fourth-order valence-electron chi connectivity index (χ4n) is 1.83. The van der Waals surface area contributed by atoms with Gasteiger partial charge in [-0.25, -0.2) is 19.9 Å². The lowest BCUT2D eigenvalue weighted by atomic mass is 10.1. The molecular weight excluding hydrogens is 375 g/mol. The van der Waals surface area contributed by atoms with Crippen molar-refractivity contribution in [2.45, 2.75) is 0 Å².